The van der Waals surface area contributed by atoms with Gasteiger partial charge in [-0.3, -0.25) is 0 Å². The first-order valence-corrected chi connectivity index (χ1v) is 7.45. The molecular weight excluding hydrogens is 278 g/mol. The average molecular weight is 301 g/mol. The van der Waals surface area contributed by atoms with Gasteiger partial charge in [-0.05, 0) is 55.7 Å². The third-order valence-corrected chi connectivity index (χ3v) is 3.34. The molecule has 0 spiro atoms. The number of rotatable bonds is 8. The maximum Gasteiger partial charge on any atom is 0.124 e. The Morgan fingerprint density at radius 3 is 2.18 bits per heavy atom. The minimum absolute atomic E-state index is 0.663. The molecule has 0 unspecified atom stereocenters. The third-order valence-electron chi connectivity index (χ3n) is 3.34. The van der Waals surface area contributed by atoms with Gasteiger partial charge in [0.2, 0.25) is 0 Å². The summed E-state index contributed by atoms with van der Waals surface area (Å²) >= 11 is 0. The van der Waals surface area contributed by atoms with E-state index in [1.165, 1.54) is 0 Å². The molecule has 0 aliphatic rings. The number of hydrogen-bond donors (Lipinski definition) is 1. The van der Waals surface area contributed by atoms with Gasteiger partial charge in [-0.25, -0.2) is 0 Å². The Morgan fingerprint density at radius 2 is 1.50 bits per heavy atom. The van der Waals surface area contributed by atoms with Crippen LogP contribution in [0.2, 0.25) is 0 Å². The molecule has 22 heavy (non-hydrogen) atoms. The summed E-state index contributed by atoms with van der Waals surface area (Å²) in [6.45, 7) is 3.35. The minimum Gasteiger partial charge on any atom is -0.497 e. The van der Waals surface area contributed by atoms with E-state index in [0.717, 1.165) is 41.3 Å². The molecule has 0 aliphatic carbocycles. The lowest BCUT2D eigenvalue weighted by molar-refractivity contribution is 0.265. The van der Waals surface area contributed by atoms with E-state index in [9.17, 15) is 0 Å². The second-order valence-electron chi connectivity index (χ2n) is 5.10. The molecule has 2 aromatic rings. The first-order chi connectivity index (χ1) is 10.7. The van der Waals surface area contributed by atoms with Gasteiger partial charge in [0.1, 0.15) is 17.2 Å². The van der Waals surface area contributed by atoms with Crippen LogP contribution in [0, 0.1) is 6.92 Å². The number of aryl methyl sites for hydroxylation is 1. The average Bonchev–Trinajstić information content (AvgIpc) is 2.54. The molecule has 0 amide bonds. The van der Waals surface area contributed by atoms with Crippen LogP contribution in [-0.2, 0) is 0 Å². The smallest absolute Gasteiger partial charge is 0.124 e. The minimum atomic E-state index is 0.663. The van der Waals surface area contributed by atoms with E-state index in [1.807, 2.05) is 49.4 Å². The number of methoxy groups -OCH3 is 1. The quantitative estimate of drug-likeness (QED) is 0.595. The van der Waals surface area contributed by atoms with Gasteiger partial charge < -0.3 is 19.9 Å². The fourth-order valence-corrected chi connectivity index (χ4v) is 2.02. The first kappa shape index (κ1) is 16.0. The van der Waals surface area contributed by atoms with Crippen LogP contribution in [-0.4, -0.2) is 20.3 Å². The summed E-state index contributed by atoms with van der Waals surface area (Å²) in [6.07, 6.45) is 1.87. The van der Waals surface area contributed by atoms with Crippen LogP contribution in [0.3, 0.4) is 0 Å². The van der Waals surface area contributed by atoms with E-state index in [4.69, 9.17) is 19.9 Å². The maximum absolute atomic E-state index is 5.76. The van der Waals surface area contributed by atoms with Gasteiger partial charge in [0, 0.05) is 11.8 Å². The largest absolute Gasteiger partial charge is 0.497 e. The summed E-state index contributed by atoms with van der Waals surface area (Å²) in [5.74, 6) is 2.54. The SMILES string of the molecule is COc1ccc(OCCCCOc2cc(N)ccc2C)cc1. The summed E-state index contributed by atoms with van der Waals surface area (Å²) in [5.41, 5.74) is 7.58. The summed E-state index contributed by atoms with van der Waals surface area (Å²) in [4.78, 5) is 0. The Morgan fingerprint density at radius 1 is 0.864 bits per heavy atom. The van der Waals surface area contributed by atoms with E-state index in [2.05, 4.69) is 0 Å². The number of hydrogen-bond acceptors (Lipinski definition) is 4. The summed E-state index contributed by atoms with van der Waals surface area (Å²) < 4.78 is 16.5. The maximum atomic E-state index is 5.76. The molecular formula is C18H23NO3. The van der Waals surface area contributed by atoms with Crippen LogP contribution in [0.5, 0.6) is 17.2 Å². The molecule has 0 heterocycles. The second kappa shape index (κ2) is 8.17. The second-order valence-corrected chi connectivity index (χ2v) is 5.10. The van der Waals surface area contributed by atoms with Crippen molar-refractivity contribution < 1.29 is 14.2 Å². The zero-order valence-corrected chi connectivity index (χ0v) is 13.2. The van der Waals surface area contributed by atoms with Gasteiger partial charge in [0.05, 0.1) is 20.3 Å². The molecule has 118 valence electrons. The molecule has 0 atom stereocenters. The van der Waals surface area contributed by atoms with E-state index in [1.54, 1.807) is 7.11 Å². The zero-order valence-electron chi connectivity index (χ0n) is 13.2. The Bertz CT molecular complexity index is 581. The highest BCUT2D eigenvalue weighted by Gasteiger charge is 2.00. The van der Waals surface area contributed by atoms with Crippen molar-refractivity contribution in [2.24, 2.45) is 0 Å². The Hall–Kier alpha value is -2.36. The highest BCUT2D eigenvalue weighted by atomic mass is 16.5. The van der Waals surface area contributed by atoms with Crippen molar-refractivity contribution in [2.45, 2.75) is 19.8 Å². The van der Waals surface area contributed by atoms with Gasteiger partial charge in [-0.1, -0.05) is 6.07 Å². The molecule has 0 fully saturated rings. The van der Waals surface area contributed by atoms with E-state index in [-0.39, 0.29) is 0 Å². The molecule has 0 aliphatic heterocycles. The Kier molecular flexibility index (Phi) is 5.95. The van der Waals surface area contributed by atoms with Crippen molar-refractivity contribution in [2.75, 3.05) is 26.1 Å². The Labute approximate surface area is 131 Å². The Balaban J connectivity index is 1.63. The van der Waals surface area contributed by atoms with Gasteiger partial charge in [-0.2, -0.15) is 0 Å². The lowest BCUT2D eigenvalue weighted by atomic mass is 10.2. The molecule has 0 saturated carbocycles. The molecule has 2 aromatic carbocycles. The van der Waals surface area contributed by atoms with Gasteiger partial charge >= 0.3 is 0 Å². The van der Waals surface area contributed by atoms with Crippen molar-refractivity contribution in [3.63, 3.8) is 0 Å². The zero-order chi connectivity index (χ0) is 15.8. The first-order valence-electron chi connectivity index (χ1n) is 7.45. The topological polar surface area (TPSA) is 53.7 Å². The van der Waals surface area contributed by atoms with E-state index in [0.29, 0.717) is 13.2 Å². The number of unbranched alkanes of at least 4 members (excludes halogenated alkanes) is 1. The molecule has 4 heteroatoms. The van der Waals surface area contributed by atoms with Crippen molar-refractivity contribution >= 4 is 5.69 Å². The van der Waals surface area contributed by atoms with E-state index >= 15 is 0 Å². The molecule has 2 rings (SSSR count). The number of ether oxygens (including phenoxy) is 3. The van der Waals surface area contributed by atoms with Crippen molar-refractivity contribution in [3.8, 4) is 17.2 Å². The summed E-state index contributed by atoms with van der Waals surface area (Å²) in [6, 6.07) is 13.3. The standard InChI is InChI=1S/C18H23NO3/c1-14-5-6-15(19)13-18(14)22-12-4-3-11-21-17-9-7-16(20-2)8-10-17/h5-10,13H,3-4,11-12,19H2,1-2H3. The summed E-state index contributed by atoms with van der Waals surface area (Å²) in [5, 5.41) is 0. The number of anilines is 1. The van der Waals surface area contributed by atoms with Crippen molar-refractivity contribution in [3.05, 3.63) is 48.0 Å². The van der Waals surface area contributed by atoms with Gasteiger partial charge in [0.25, 0.3) is 0 Å². The molecule has 2 N–H and O–H groups in total. The van der Waals surface area contributed by atoms with Crippen LogP contribution >= 0.6 is 0 Å². The molecule has 4 nitrogen and oxygen atoms in total. The molecule has 0 radical (unpaired) electrons. The van der Waals surface area contributed by atoms with Crippen LogP contribution in [0.4, 0.5) is 5.69 Å². The molecule has 0 bridgehead atoms. The predicted octanol–water partition coefficient (Wildman–Crippen LogP) is 3.82. The van der Waals surface area contributed by atoms with Crippen molar-refractivity contribution in [1.29, 1.82) is 0 Å². The van der Waals surface area contributed by atoms with Gasteiger partial charge in [0.15, 0.2) is 0 Å². The molecule has 0 saturated heterocycles. The predicted molar refractivity (Wildman–Crippen MR) is 88.8 cm³/mol. The molecule has 0 aromatic heterocycles. The van der Waals surface area contributed by atoms with Crippen molar-refractivity contribution in [1.82, 2.24) is 0 Å². The van der Waals surface area contributed by atoms with Crippen LogP contribution in [0.1, 0.15) is 18.4 Å². The fourth-order valence-electron chi connectivity index (χ4n) is 2.02. The summed E-state index contributed by atoms with van der Waals surface area (Å²) in [7, 11) is 1.65. The third kappa shape index (κ3) is 4.88. The monoisotopic (exact) mass is 301 g/mol. The number of benzene rings is 2. The highest BCUT2D eigenvalue weighted by Crippen LogP contribution is 2.21. The highest BCUT2D eigenvalue weighted by molar-refractivity contribution is 5.47. The lowest BCUT2D eigenvalue weighted by Gasteiger charge is -2.10. The van der Waals surface area contributed by atoms with Crippen LogP contribution in [0.25, 0.3) is 0 Å². The number of nitrogen functional groups attached to an aromatic ring is 1. The normalized spacial score (nSPS) is 10.3. The number of nitrogens with two attached hydrogens (primary N) is 1. The fraction of sp³-hybridized carbons (Fsp3) is 0.333. The lowest BCUT2D eigenvalue weighted by Crippen LogP contribution is -2.03. The van der Waals surface area contributed by atoms with E-state index < -0.39 is 0 Å². The van der Waals surface area contributed by atoms with Crippen LogP contribution in [0.15, 0.2) is 42.5 Å². The van der Waals surface area contributed by atoms with Gasteiger partial charge in [-0.15, -0.1) is 0 Å². The van der Waals surface area contributed by atoms with Crippen LogP contribution < -0.4 is 19.9 Å².